The molecule has 1 aromatic carbocycles. The lowest BCUT2D eigenvalue weighted by Crippen LogP contribution is -2.30. The van der Waals surface area contributed by atoms with E-state index >= 15 is 0 Å². The van der Waals surface area contributed by atoms with Crippen LogP contribution >= 0.6 is 0 Å². The van der Waals surface area contributed by atoms with E-state index in [1.165, 1.54) is 0 Å². The molecule has 1 atom stereocenters. The smallest absolute Gasteiger partial charge is 0.227 e. The minimum Gasteiger partial charge on any atom is -0.496 e. The van der Waals surface area contributed by atoms with Crippen LogP contribution in [-0.4, -0.2) is 45.5 Å². The van der Waals surface area contributed by atoms with Gasteiger partial charge in [0.05, 0.1) is 13.5 Å². The predicted octanol–water partition coefficient (Wildman–Crippen LogP) is 2.61. The number of carbonyl (C=O) groups excluding carboxylic acids is 1. The van der Waals surface area contributed by atoms with Crippen LogP contribution < -0.4 is 4.74 Å². The Balaban J connectivity index is 1.41. The van der Waals surface area contributed by atoms with Crippen LogP contribution in [0.4, 0.5) is 0 Å². The number of para-hydroxylation sites is 1. The van der Waals surface area contributed by atoms with Crippen LogP contribution in [0, 0.1) is 5.92 Å². The first-order chi connectivity index (χ1) is 13.2. The maximum Gasteiger partial charge on any atom is 0.227 e. The van der Waals surface area contributed by atoms with Crippen molar-refractivity contribution in [2.45, 2.75) is 19.3 Å². The van der Waals surface area contributed by atoms with E-state index in [-0.39, 0.29) is 5.91 Å². The number of pyridine rings is 1. The third kappa shape index (κ3) is 3.52. The van der Waals surface area contributed by atoms with Crippen LogP contribution in [0.1, 0.15) is 17.8 Å². The van der Waals surface area contributed by atoms with Gasteiger partial charge >= 0.3 is 0 Å². The zero-order chi connectivity index (χ0) is 18.8. The Bertz CT molecular complexity index is 966. The minimum absolute atomic E-state index is 0.161. The fourth-order valence-corrected chi connectivity index (χ4v) is 3.86. The van der Waals surface area contributed by atoms with Crippen molar-refractivity contribution in [2.24, 2.45) is 13.0 Å². The summed E-state index contributed by atoms with van der Waals surface area (Å²) < 4.78 is 7.43. The molecule has 1 aliphatic heterocycles. The minimum atomic E-state index is 0.161. The summed E-state index contributed by atoms with van der Waals surface area (Å²) in [6.45, 7) is 1.59. The molecule has 1 fully saturated rings. The summed E-state index contributed by atoms with van der Waals surface area (Å²) in [5.41, 5.74) is 2.78. The quantitative estimate of drug-likeness (QED) is 0.698. The molecular weight excluding hydrogens is 340 g/mol. The molecule has 3 heterocycles. The molecule has 0 bridgehead atoms. The summed E-state index contributed by atoms with van der Waals surface area (Å²) in [5, 5.41) is 0. The van der Waals surface area contributed by atoms with E-state index in [1.54, 1.807) is 13.3 Å². The van der Waals surface area contributed by atoms with E-state index in [9.17, 15) is 4.79 Å². The van der Waals surface area contributed by atoms with Gasteiger partial charge in [-0.3, -0.25) is 4.79 Å². The third-order valence-corrected chi connectivity index (χ3v) is 5.36. The number of ether oxygens (including phenoxy) is 1. The molecule has 1 amide bonds. The average Bonchev–Trinajstić information content (AvgIpc) is 3.28. The number of methoxy groups -OCH3 is 1. The molecule has 6 nitrogen and oxygen atoms in total. The Morgan fingerprint density at radius 1 is 1.26 bits per heavy atom. The topological polar surface area (TPSA) is 60.2 Å². The van der Waals surface area contributed by atoms with Crippen LogP contribution in [0.2, 0.25) is 0 Å². The second-order valence-electron chi connectivity index (χ2n) is 7.12. The third-order valence-electron chi connectivity index (χ3n) is 5.36. The number of aromatic nitrogens is 3. The maximum absolute atomic E-state index is 12.7. The molecular formula is C21H24N4O2. The Labute approximate surface area is 158 Å². The van der Waals surface area contributed by atoms with Gasteiger partial charge in [-0.15, -0.1) is 0 Å². The van der Waals surface area contributed by atoms with Crippen LogP contribution in [0.3, 0.4) is 0 Å². The molecule has 2 aromatic heterocycles. The normalized spacial score (nSPS) is 16.8. The SMILES string of the molecule is COc1ccccc1CC(=O)N1CCC(Cc2nc3cccnc3n2C)C1. The van der Waals surface area contributed by atoms with Crippen molar-refractivity contribution in [3.63, 3.8) is 0 Å². The van der Waals surface area contributed by atoms with Crippen LogP contribution in [0.25, 0.3) is 11.2 Å². The molecule has 1 unspecified atom stereocenters. The number of rotatable bonds is 5. The lowest BCUT2D eigenvalue weighted by atomic mass is 10.0. The number of carbonyl (C=O) groups is 1. The zero-order valence-corrected chi connectivity index (χ0v) is 15.8. The van der Waals surface area contributed by atoms with E-state index in [0.717, 1.165) is 54.2 Å². The molecule has 0 aliphatic carbocycles. The van der Waals surface area contributed by atoms with Gasteiger partial charge in [-0.05, 0) is 30.5 Å². The number of aryl methyl sites for hydroxylation is 1. The standard InChI is InChI=1S/C21H24N4O2/c1-24-19(23-17-7-5-10-22-21(17)24)12-15-9-11-25(14-15)20(26)13-16-6-3-4-8-18(16)27-2/h3-8,10,15H,9,11-14H2,1-2H3. The van der Waals surface area contributed by atoms with Gasteiger partial charge in [-0.25, -0.2) is 9.97 Å². The molecule has 0 N–H and O–H groups in total. The first-order valence-corrected chi connectivity index (χ1v) is 9.31. The van der Waals surface area contributed by atoms with Gasteiger partial charge < -0.3 is 14.2 Å². The van der Waals surface area contributed by atoms with E-state index < -0.39 is 0 Å². The van der Waals surface area contributed by atoms with Crippen molar-refractivity contribution < 1.29 is 9.53 Å². The van der Waals surface area contributed by atoms with Crippen molar-refractivity contribution in [3.05, 3.63) is 54.0 Å². The van der Waals surface area contributed by atoms with Gasteiger partial charge in [-0.2, -0.15) is 0 Å². The number of benzene rings is 1. The van der Waals surface area contributed by atoms with Crippen LogP contribution in [0.15, 0.2) is 42.6 Å². The summed E-state index contributed by atoms with van der Waals surface area (Å²) in [5.74, 6) is 2.40. The molecule has 6 heteroatoms. The van der Waals surface area contributed by atoms with Crippen molar-refractivity contribution in [2.75, 3.05) is 20.2 Å². The molecule has 0 saturated carbocycles. The van der Waals surface area contributed by atoms with Gasteiger partial charge in [0.25, 0.3) is 0 Å². The second kappa shape index (κ2) is 7.39. The Kier molecular flexibility index (Phi) is 4.79. The van der Waals surface area contributed by atoms with Gasteiger partial charge in [0.1, 0.15) is 17.1 Å². The molecule has 0 spiro atoms. The van der Waals surface area contributed by atoms with Crippen LogP contribution in [0.5, 0.6) is 5.75 Å². The molecule has 1 saturated heterocycles. The van der Waals surface area contributed by atoms with E-state index in [1.807, 2.05) is 48.3 Å². The highest BCUT2D eigenvalue weighted by Crippen LogP contribution is 2.24. The van der Waals surface area contributed by atoms with Crippen molar-refractivity contribution in [1.29, 1.82) is 0 Å². The summed E-state index contributed by atoms with van der Waals surface area (Å²) in [6, 6.07) is 11.6. The fraction of sp³-hybridized carbons (Fsp3) is 0.381. The summed E-state index contributed by atoms with van der Waals surface area (Å²) >= 11 is 0. The summed E-state index contributed by atoms with van der Waals surface area (Å²) in [4.78, 5) is 23.8. The molecule has 4 rings (SSSR count). The van der Waals surface area contributed by atoms with Crippen molar-refractivity contribution in [3.8, 4) is 5.75 Å². The Morgan fingerprint density at radius 2 is 2.11 bits per heavy atom. The lowest BCUT2D eigenvalue weighted by Gasteiger charge is -2.17. The van der Waals surface area contributed by atoms with Crippen molar-refractivity contribution in [1.82, 2.24) is 19.4 Å². The van der Waals surface area contributed by atoms with E-state index in [4.69, 9.17) is 9.72 Å². The number of likely N-dealkylation sites (tertiary alicyclic amines) is 1. The largest absolute Gasteiger partial charge is 0.496 e. The molecule has 1 aliphatic rings. The fourth-order valence-electron chi connectivity index (χ4n) is 3.86. The van der Waals surface area contributed by atoms with E-state index in [0.29, 0.717) is 12.3 Å². The highest BCUT2D eigenvalue weighted by molar-refractivity contribution is 5.79. The Hall–Kier alpha value is -2.89. The number of fused-ring (bicyclic) bond motifs is 1. The number of hydrogen-bond acceptors (Lipinski definition) is 4. The maximum atomic E-state index is 12.7. The first-order valence-electron chi connectivity index (χ1n) is 9.31. The van der Waals surface area contributed by atoms with Crippen molar-refractivity contribution >= 4 is 17.1 Å². The predicted molar refractivity (Wildman–Crippen MR) is 104 cm³/mol. The van der Waals surface area contributed by atoms with Gasteiger partial charge in [-0.1, -0.05) is 18.2 Å². The van der Waals surface area contributed by atoms with E-state index in [2.05, 4.69) is 9.55 Å². The van der Waals surface area contributed by atoms with Gasteiger partial charge in [0.15, 0.2) is 5.65 Å². The van der Waals surface area contributed by atoms with Gasteiger partial charge in [0, 0.05) is 38.3 Å². The number of hydrogen-bond donors (Lipinski definition) is 0. The molecule has 140 valence electrons. The zero-order valence-electron chi connectivity index (χ0n) is 15.8. The Morgan fingerprint density at radius 3 is 2.93 bits per heavy atom. The molecule has 27 heavy (non-hydrogen) atoms. The van der Waals surface area contributed by atoms with Crippen LogP contribution in [-0.2, 0) is 24.7 Å². The highest BCUT2D eigenvalue weighted by atomic mass is 16.5. The average molecular weight is 364 g/mol. The highest BCUT2D eigenvalue weighted by Gasteiger charge is 2.28. The number of nitrogens with zero attached hydrogens (tertiary/aromatic N) is 4. The summed E-state index contributed by atoms with van der Waals surface area (Å²) in [6.07, 6.45) is 4.05. The lowest BCUT2D eigenvalue weighted by molar-refractivity contribution is -0.129. The molecule has 0 radical (unpaired) electrons. The molecule has 3 aromatic rings. The number of imidazole rings is 1. The second-order valence-corrected chi connectivity index (χ2v) is 7.12. The monoisotopic (exact) mass is 364 g/mol. The first kappa shape index (κ1) is 17.5. The van der Waals surface area contributed by atoms with Gasteiger partial charge in [0.2, 0.25) is 5.91 Å². The summed E-state index contributed by atoms with van der Waals surface area (Å²) in [7, 11) is 3.65. The number of amides is 1.